The third-order valence-corrected chi connectivity index (χ3v) is 3.83. The van der Waals surface area contributed by atoms with Crippen LogP contribution >= 0.6 is 0 Å². The molecule has 1 amide bonds. The summed E-state index contributed by atoms with van der Waals surface area (Å²) in [4.78, 5) is 20.0. The van der Waals surface area contributed by atoms with Gasteiger partial charge >= 0.3 is 0 Å². The molecule has 1 aliphatic rings. The van der Waals surface area contributed by atoms with Gasteiger partial charge in [0.15, 0.2) is 0 Å². The summed E-state index contributed by atoms with van der Waals surface area (Å²) < 4.78 is 0. The number of aromatic nitrogens is 1. The van der Waals surface area contributed by atoms with E-state index in [1.165, 1.54) is 5.56 Å². The van der Waals surface area contributed by atoms with E-state index in [0.29, 0.717) is 6.04 Å². The first kappa shape index (κ1) is 14.8. The number of carbonyl (C=O) groups excluding carboxylic acids is 1. The second-order valence-electron chi connectivity index (χ2n) is 5.22. The molecule has 0 aromatic carbocycles. The van der Waals surface area contributed by atoms with Crippen LogP contribution in [0.15, 0.2) is 18.3 Å². The molecule has 1 fully saturated rings. The zero-order valence-corrected chi connectivity index (χ0v) is 12.6. The Bertz CT molecular complexity index is 455. The first-order valence-electron chi connectivity index (χ1n) is 7.31. The molecule has 20 heavy (non-hydrogen) atoms. The van der Waals surface area contributed by atoms with E-state index >= 15 is 0 Å². The molecule has 0 spiro atoms. The second-order valence-corrected chi connectivity index (χ2v) is 5.22. The fourth-order valence-electron chi connectivity index (χ4n) is 2.55. The number of hydrogen-bond acceptors (Lipinski definition) is 4. The van der Waals surface area contributed by atoms with E-state index in [9.17, 15) is 4.79 Å². The molecule has 0 bridgehead atoms. The van der Waals surface area contributed by atoms with Crippen LogP contribution in [0.25, 0.3) is 0 Å². The van der Waals surface area contributed by atoms with E-state index in [0.717, 1.165) is 38.5 Å². The smallest absolute Gasteiger partial charge is 0.219 e. The van der Waals surface area contributed by atoms with E-state index in [-0.39, 0.29) is 5.91 Å². The predicted octanol–water partition coefficient (Wildman–Crippen LogP) is 1.42. The summed E-state index contributed by atoms with van der Waals surface area (Å²) >= 11 is 0. The molecule has 2 rings (SSSR count). The van der Waals surface area contributed by atoms with Crippen LogP contribution in [0.1, 0.15) is 32.4 Å². The normalized spacial score (nSPS) is 17.1. The van der Waals surface area contributed by atoms with Gasteiger partial charge in [-0.25, -0.2) is 4.98 Å². The zero-order valence-electron chi connectivity index (χ0n) is 12.6. The summed E-state index contributed by atoms with van der Waals surface area (Å²) in [6.45, 7) is 10.1. The van der Waals surface area contributed by atoms with Crippen molar-refractivity contribution in [3.8, 4) is 0 Å². The summed E-state index contributed by atoms with van der Waals surface area (Å²) in [7, 11) is 0. The topological polar surface area (TPSA) is 48.5 Å². The average Bonchev–Trinajstić information content (AvgIpc) is 2.48. The van der Waals surface area contributed by atoms with Gasteiger partial charge in [0.05, 0.1) is 0 Å². The Kier molecular flexibility index (Phi) is 4.95. The minimum absolute atomic E-state index is 0.159. The molecule has 5 nitrogen and oxygen atoms in total. The van der Waals surface area contributed by atoms with Gasteiger partial charge in [0.1, 0.15) is 5.82 Å². The van der Waals surface area contributed by atoms with Crippen molar-refractivity contribution in [2.45, 2.75) is 26.8 Å². The molecule has 0 radical (unpaired) electrons. The molecular formula is C15H24N4O. The Morgan fingerprint density at radius 3 is 2.70 bits per heavy atom. The minimum Gasteiger partial charge on any atom is -0.353 e. The fourth-order valence-corrected chi connectivity index (χ4v) is 2.55. The van der Waals surface area contributed by atoms with E-state index < -0.39 is 0 Å². The van der Waals surface area contributed by atoms with Gasteiger partial charge in [-0.3, -0.25) is 4.79 Å². The molecule has 110 valence electrons. The van der Waals surface area contributed by atoms with E-state index in [1.807, 2.05) is 11.1 Å². The van der Waals surface area contributed by atoms with Crippen molar-refractivity contribution < 1.29 is 4.79 Å². The average molecular weight is 276 g/mol. The summed E-state index contributed by atoms with van der Waals surface area (Å²) in [5.74, 6) is 1.17. The van der Waals surface area contributed by atoms with E-state index in [2.05, 4.69) is 41.2 Å². The molecule has 0 saturated carbocycles. The number of piperazine rings is 1. The quantitative estimate of drug-likeness (QED) is 0.903. The maximum atomic E-state index is 11.3. The highest BCUT2D eigenvalue weighted by molar-refractivity contribution is 5.73. The van der Waals surface area contributed by atoms with Gasteiger partial charge in [-0.2, -0.15) is 0 Å². The highest BCUT2D eigenvalue weighted by Crippen LogP contribution is 2.19. The van der Waals surface area contributed by atoms with E-state index in [4.69, 9.17) is 0 Å². The molecule has 1 aliphatic heterocycles. The zero-order chi connectivity index (χ0) is 14.5. The van der Waals surface area contributed by atoms with Gasteiger partial charge in [0, 0.05) is 45.3 Å². The first-order valence-corrected chi connectivity index (χ1v) is 7.31. The van der Waals surface area contributed by atoms with Gasteiger partial charge in [0.2, 0.25) is 5.91 Å². The van der Waals surface area contributed by atoms with Crippen LogP contribution in [0.2, 0.25) is 0 Å². The SMILES string of the molecule is CCNC(C)c1ccnc(N2CCN(C(C)=O)CC2)c1. The van der Waals surface area contributed by atoms with Crippen LogP contribution < -0.4 is 10.2 Å². The van der Waals surface area contributed by atoms with Crippen LogP contribution in [-0.4, -0.2) is 48.5 Å². The molecule has 5 heteroatoms. The van der Waals surface area contributed by atoms with Crippen LogP contribution in [0.4, 0.5) is 5.82 Å². The summed E-state index contributed by atoms with van der Waals surface area (Å²) in [6, 6.07) is 4.54. The van der Waals surface area contributed by atoms with Gasteiger partial charge in [-0.1, -0.05) is 6.92 Å². The van der Waals surface area contributed by atoms with Crippen molar-refractivity contribution >= 4 is 11.7 Å². The number of amides is 1. The largest absolute Gasteiger partial charge is 0.353 e. The van der Waals surface area contributed by atoms with Crippen LogP contribution in [-0.2, 0) is 4.79 Å². The first-order chi connectivity index (χ1) is 9.61. The highest BCUT2D eigenvalue weighted by Gasteiger charge is 2.19. The van der Waals surface area contributed by atoms with E-state index in [1.54, 1.807) is 6.92 Å². The van der Waals surface area contributed by atoms with Gasteiger partial charge in [-0.15, -0.1) is 0 Å². The van der Waals surface area contributed by atoms with Gasteiger partial charge in [-0.05, 0) is 31.2 Å². The Balaban J connectivity index is 2.03. The second kappa shape index (κ2) is 6.70. The fraction of sp³-hybridized carbons (Fsp3) is 0.600. The lowest BCUT2D eigenvalue weighted by Gasteiger charge is -2.35. The Morgan fingerprint density at radius 2 is 2.10 bits per heavy atom. The Morgan fingerprint density at radius 1 is 1.40 bits per heavy atom. The molecule has 1 saturated heterocycles. The maximum absolute atomic E-state index is 11.3. The lowest BCUT2D eigenvalue weighted by atomic mass is 10.1. The lowest BCUT2D eigenvalue weighted by Crippen LogP contribution is -2.48. The molecule has 1 aromatic heterocycles. The molecule has 1 atom stereocenters. The van der Waals surface area contributed by atoms with Crippen LogP contribution in [0.5, 0.6) is 0 Å². The molecule has 1 N–H and O–H groups in total. The van der Waals surface area contributed by atoms with Crippen LogP contribution in [0.3, 0.4) is 0 Å². The van der Waals surface area contributed by atoms with Gasteiger partial charge < -0.3 is 15.1 Å². The summed E-state index contributed by atoms with van der Waals surface area (Å²) in [5.41, 5.74) is 1.26. The molecule has 2 heterocycles. The number of nitrogens with zero attached hydrogens (tertiary/aromatic N) is 3. The number of rotatable bonds is 4. The van der Waals surface area contributed by atoms with Crippen molar-refractivity contribution in [3.05, 3.63) is 23.9 Å². The van der Waals surface area contributed by atoms with Crippen molar-refractivity contribution in [3.63, 3.8) is 0 Å². The van der Waals surface area contributed by atoms with Crippen LogP contribution in [0, 0.1) is 0 Å². The molecule has 1 aromatic rings. The number of nitrogens with one attached hydrogen (secondary N) is 1. The van der Waals surface area contributed by atoms with Gasteiger partial charge in [0.25, 0.3) is 0 Å². The molecule has 0 aliphatic carbocycles. The third-order valence-electron chi connectivity index (χ3n) is 3.83. The minimum atomic E-state index is 0.159. The number of anilines is 1. The Hall–Kier alpha value is -1.62. The van der Waals surface area contributed by atoms with Crippen molar-refractivity contribution in [2.24, 2.45) is 0 Å². The third kappa shape index (κ3) is 3.48. The predicted molar refractivity (Wildman–Crippen MR) is 80.8 cm³/mol. The monoisotopic (exact) mass is 276 g/mol. The highest BCUT2D eigenvalue weighted by atomic mass is 16.2. The lowest BCUT2D eigenvalue weighted by molar-refractivity contribution is -0.129. The number of carbonyl (C=O) groups is 1. The number of pyridine rings is 1. The summed E-state index contributed by atoms with van der Waals surface area (Å²) in [5, 5.41) is 3.41. The molecular weight excluding hydrogens is 252 g/mol. The standard InChI is InChI=1S/C15H24N4O/c1-4-16-12(2)14-5-6-17-15(11-14)19-9-7-18(8-10-19)13(3)20/h5-6,11-12,16H,4,7-10H2,1-3H3. The van der Waals surface area contributed by atoms with Crippen molar-refractivity contribution in [1.29, 1.82) is 0 Å². The summed E-state index contributed by atoms with van der Waals surface area (Å²) in [6.07, 6.45) is 1.87. The maximum Gasteiger partial charge on any atom is 0.219 e. The van der Waals surface area contributed by atoms with Crippen molar-refractivity contribution in [2.75, 3.05) is 37.6 Å². The van der Waals surface area contributed by atoms with Crippen molar-refractivity contribution in [1.82, 2.24) is 15.2 Å². The number of hydrogen-bond donors (Lipinski definition) is 1. The molecule has 1 unspecified atom stereocenters. The Labute approximate surface area is 121 Å².